The minimum atomic E-state index is -4.90. The van der Waals surface area contributed by atoms with Gasteiger partial charge >= 0.3 is 12.3 Å². The van der Waals surface area contributed by atoms with Gasteiger partial charge in [-0.2, -0.15) is 0 Å². The molecule has 1 N–H and O–H groups in total. The Kier molecular flexibility index (Phi) is 8.37. The highest BCUT2D eigenvalue weighted by Gasteiger charge is 2.32. The number of carboxylic acid groups (broad SMARTS) is 1. The molecular weight excluding hydrogens is 570 g/mol. The van der Waals surface area contributed by atoms with Crippen LogP contribution in [0.15, 0.2) is 60.7 Å². The molecule has 40 heavy (non-hydrogen) atoms. The van der Waals surface area contributed by atoms with Crippen LogP contribution in [0.3, 0.4) is 0 Å². The molecular formula is C29H24Cl2F3NO5. The summed E-state index contributed by atoms with van der Waals surface area (Å²) in [5.41, 5.74) is 2.12. The van der Waals surface area contributed by atoms with Crippen LogP contribution in [0.1, 0.15) is 41.0 Å². The van der Waals surface area contributed by atoms with Crippen molar-refractivity contribution in [2.24, 2.45) is 5.92 Å². The number of hydrogen-bond acceptors (Lipinski definition) is 4. The van der Waals surface area contributed by atoms with Crippen LogP contribution in [0.4, 0.5) is 13.2 Å². The smallest absolute Gasteiger partial charge is 0.478 e. The van der Waals surface area contributed by atoms with Gasteiger partial charge in [-0.05, 0) is 61.0 Å². The van der Waals surface area contributed by atoms with Gasteiger partial charge in [0.25, 0.3) is 0 Å². The van der Waals surface area contributed by atoms with E-state index in [1.165, 1.54) is 12.1 Å². The third kappa shape index (κ3) is 6.37. The number of halogens is 5. The van der Waals surface area contributed by atoms with Gasteiger partial charge in [0, 0.05) is 40.2 Å². The number of benzene rings is 3. The summed E-state index contributed by atoms with van der Waals surface area (Å²) < 4.78 is 50.5. The summed E-state index contributed by atoms with van der Waals surface area (Å²) in [6.07, 6.45) is -6.05. The molecule has 11 heteroatoms. The summed E-state index contributed by atoms with van der Waals surface area (Å²) in [6, 6.07) is 14.9. The topological polar surface area (TPSA) is 77.8 Å². The largest absolute Gasteiger partial charge is 0.573 e. The zero-order chi connectivity index (χ0) is 29.4. The van der Waals surface area contributed by atoms with E-state index in [9.17, 15) is 27.9 Å². The van der Waals surface area contributed by atoms with Crippen LogP contribution in [-0.2, 0) is 11.3 Å². The first kappa shape index (κ1) is 29.3. The molecule has 4 rings (SSSR count). The van der Waals surface area contributed by atoms with Gasteiger partial charge in [0.05, 0.1) is 16.1 Å². The van der Waals surface area contributed by atoms with E-state index in [0.29, 0.717) is 38.3 Å². The molecule has 1 aromatic heterocycles. The minimum Gasteiger partial charge on any atom is -0.478 e. The first-order valence-corrected chi connectivity index (χ1v) is 12.9. The first-order valence-electron chi connectivity index (χ1n) is 12.1. The fraction of sp³-hybridized carbons (Fsp3) is 0.241. The van der Waals surface area contributed by atoms with Crippen LogP contribution in [0, 0.1) is 12.8 Å². The molecule has 1 atom stereocenters. The number of rotatable bonds is 9. The van der Waals surface area contributed by atoms with E-state index in [1.807, 2.05) is 0 Å². The van der Waals surface area contributed by atoms with Gasteiger partial charge in [-0.3, -0.25) is 4.79 Å². The highest BCUT2D eigenvalue weighted by molar-refractivity contribution is 6.32. The van der Waals surface area contributed by atoms with Crippen LogP contribution in [0.2, 0.25) is 10.0 Å². The number of fused-ring (bicyclic) bond motifs is 1. The van der Waals surface area contributed by atoms with E-state index < -0.39 is 24.2 Å². The Labute approximate surface area is 237 Å². The van der Waals surface area contributed by atoms with Crippen LogP contribution < -0.4 is 9.47 Å². The summed E-state index contributed by atoms with van der Waals surface area (Å²) in [7, 11) is 0. The second-order valence-corrected chi connectivity index (χ2v) is 10.3. The zero-order valence-electron chi connectivity index (χ0n) is 21.6. The molecule has 0 aliphatic rings. The maximum absolute atomic E-state index is 13.6. The highest BCUT2D eigenvalue weighted by atomic mass is 35.5. The van der Waals surface area contributed by atoms with Crippen molar-refractivity contribution in [3.05, 3.63) is 93.1 Å². The number of nitrogens with zero attached hydrogens (tertiary/aromatic N) is 1. The molecule has 0 radical (unpaired) electrons. The second-order valence-electron chi connectivity index (χ2n) is 9.49. The van der Waals surface area contributed by atoms with E-state index in [2.05, 4.69) is 4.74 Å². The molecule has 210 valence electrons. The van der Waals surface area contributed by atoms with E-state index in [1.54, 1.807) is 67.8 Å². The predicted octanol–water partition coefficient (Wildman–Crippen LogP) is 7.92. The molecule has 0 aliphatic carbocycles. The van der Waals surface area contributed by atoms with Crippen molar-refractivity contribution in [1.29, 1.82) is 0 Å². The molecule has 0 spiro atoms. The van der Waals surface area contributed by atoms with Crippen LogP contribution in [0.25, 0.3) is 10.9 Å². The van der Waals surface area contributed by atoms with Crippen molar-refractivity contribution in [2.45, 2.75) is 39.8 Å². The fourth-order valence-electron chi connectivity index (χ4n) is 4.42. The van der Waals surface area contributed by atoms with Gasteiger partial charge in [-0.1, -0.05) is 43.1 Å². The zero-order valence-corrected chi connectivity index (χ0v) is 23.1. The summed E-state index contributed by atoms with van der Waals surface area (Å²) in [6.45, 7) is 5.20. The molecule has 0 saturated heterocycles. The van der Waals surface area contributed by atoms with E-state index in [-0.39, 0.29) is 29.0 Å². The Hall–Kier alpha value is -3.69. The SMILES string of the molecule is Cc1c(C(=O)c2ccc(Cl)cc2)c2ccc(OC(F)(F)F)cc2n1Cc1ccc(Cl)c(OC(C(=O)O)C(C)C)c1. The maximum atomic E-state index is 13.6. The molecule has 0 fully saturated rings. The molecule has 0 amide bonds. The molecule has 6 nitrogen and oxygen atoms in total. The number of aromatic nitrogens is 1. The molecule has 1 heterocycles. The summed E-state index contributed by atoms with van der Waals surface area (Å²) in [4.78, 5) is 25.2. The van der Waals surface area contributed by atoms with Crippen LogP contribution >= 0.6 is 23.2 Å². The van der Waals surface area contributed by atoms with Crippen molar-refractivity contribution >= 4 is 45.9 Å². The molecule has 4 aromatic rings. The van der Waals surface area contributed by atoms with Crippen LogP contribution in [0.5, 0.6) is 11.5 Å². The van der Waals surface area contributed by atoms with Crippen molar-refractivity contribution in [3.8, 4) is 11.5 Å². The van der Waals surface area contributed by atoms with Gasteiger partial charge < -0.3 is 19.1 Å². The molecule has 1 unspecified atom stereocenters. The second kappa shape index (κ2) is 11.4. The Balaban J connectivity index is 1.82. The number of carboxylic acids is 1. The quantitative estimate of drug-likeness (QED) is 0.199. The van der Waals surface area contributed by atoms with E-state index in [4.69, 9.17) is 27.9 Å². The number of ketones is 1. The predicted molar refractivity (Wildman–Crippen MR) is 146 cm³/mol. The molecule has 3 aromatic carbocycles. The summed E-state index contributed by atoms with van der Waals surface area (Å²) in [5.74, 6) is -2.12. The Bertz CT molecular complexity index is 1580. The number of ether oxygens (including phenoxy) is 2. The fourth-order valence-corrected chi connectivity index (χ4v) is 4.71. The van der Waals surface area contributed by atoms with Crippen LogP contribution in [-0.4, -0.2) is 33.9 Å². The van der Waals surface area contributed by atoms with Gasteiger partial charge in [-0.15, -0.1) is 13.2 Å². The van der Waals surface area contributed by atoms with Crippen molar-refractivity contribution in [2.75, 3.05) is 0 Å². The third-order valence-electron chi connectivity index (χ3n) is 6.30. The summed E-state index contributed by atoms with van der Waals surface area (Å²) >= 11 is 12.3. The van der Waals surface area contributed by atoms with Gasteiger partial charge in [0.1, 0.15) is 11.5 Å². The maximum Gasteiger partial charge on any atom is 0.573 e. The number of alkyl halides is 3. The van der Waals surface area contributed by atoms with Crippen molar-refractivity contribution in [1.82, 2.24) is 4.57 Å². The Morgan fingerprint density at radius 3 is 2.27 bits per heavy atom. The molecule has 0 bridgehead atoms. The average molecular weight is 594 g/mol. The molecule has 0 saturated carbocycles. The average Bonchev–Trinajstić information content (AvgIpc) is 3.13. The summed E-state index contributed by atoms with van der Waals surface area (Å²) in [5, 5.41) is 10.6. The standard InChI is InChI=1S/C29H24Cl2F3NO5/c1-15(2)27(28(37)38)39-24-12-17(4-11-22(24)31)14-35-16(3)25(26(36)18-5-7-19(30)8-6-18)21-10-9-20(13-23(21)35)40-29(32,33)34/h4-13,15,27H,14H2,1-3H3,(H,37,38). The first-order chi connectivity index (χ1) is 18.7. The number of carbonyl (C=O) groups excluding carboxylic acids is 1. The Morgan fingerprint density at radius 2 is 1.68 bits per heavy atom. The lowest BCUT2D eigenvalue weighted by Gasteiger charge is -2.20. The number of carbonyl (C=O) groups is 2. The lowest BCUT2D eigenvalue weighted by atomic mass is 10.0. The normalized spacial score (nSPS) is 12.5. The minimum absolute atomic E-state index is 0.110. The van der Waals surface area contributed by atoms with Gasteiger partial charge in [-0.25, -0.2) is 4.79 Å². The lowest BCUT2D eigenvalue weighted by molar-refractivity contribution is -0.274. The van der Waals surface area contributed by atoms with Gasteiger partial charge in [0.2, 0.25) is 0 Å². The number of aliphatic carboxylic acids is 1. The lowest BCUT2D eigenvalue weighted by Crippen LogP contribution is -2.32. The highest BCUT2D eigenvalue weighted by Crippen LogP contribution is 2.35. The van der Waals surface area contributed by atoms with Crippen molar-refractivity contribution < 1.29 is 37.3 Å². The number of hydrogen-bond donors (Lipinski definition) is 1. The Morgan fingerprint density at radius 1 is 1.00 bits per heavy atom. The third-order valence-corrected chi connectivity index (χ3v) is 6.87. The van der Waals surface area contributed by atoms with Gasteiger partial charge in [0.15, 0.2) is 11.9 Å². The monoisotopic (exact) mass is 593 g/mol. The van der Waals surface area contributed by atoms with E-state index in [0.717, 1.165) is 6.07 Å². The van der Waals surface area contributed by atoms with Crippen molar-refractivity contribution in [3.63, 3.8) is 0 Å². The van der Waals surface area contributed by atoms with E-state index >= 15 is 0 Å². The molecule has 0 aliphatic heterocycles.